The summed E-state index contributed by atoms with van der Waals surface area (Å²) in [5.41, 5.74) is 2.43. The smallest absolute Gasteiger partial charge is 0.242 e. The van der Waals surface area contributed by atoms with Gasteiger partial charge in [0.1, 0.15) is 11.0 Å². The van der Waals surface area contributed by atoms with Crippen LogP contribution in [0.2, 0.25) is 0 Å². The van der Waals surface area contributed by atoms with Gasteiger partial charge in [-0.3, -0.25) is 0 Å². The van der Waals surface area contributed by atoms with Gasteiger partial charge in [-0.15, -0.1) is 0 Å². The Labute approximate surface area is 135 Å². The summed E-state index contributed by atoms with van der Waals surface area (Å²) in [5, 5.41) is 19.5. The Morgan fingerprint density at radius 2 is 1.96 bits per heavy atom. The van der Waals surface area contributed by atoms with E-state index >= 15 is 0 Å². The van der Waals surface area contributed by atoms with Gasteiger partial charge in [0.05, 0.1) is 17.7 Å². The number of rotatable bonds is 3. The number of benzene rings is 2. The highest BCUT2D eigenvalue weighted by molar-refractivity contribution is 7.89. The number of nitrogens with zero attached hydrogens (tertiary/aromatic N) is 1. The van der Waals surface area contributed by atoms with Crippen molar-refractivity contribution in [1.82, 2.24) is 4.72 Å². The average Bonchev–Trinajstić information content (AvgIpc) is 2.83. The molecule has 2 N–H and O–H groups in total. The average molecular weight is 328 g/mol. The molecule has 0 bridgehead atoms. The zero-order valence-corrected chi connectivity index (χ0v) is 13.3. The molecule has 2 aromatic rings. The SMILES string of the molecule is Cc1cccc(S(=O)(=O)N[C@@H]2c3ccccc3C[C@H]2O)c1C#N. The van der Waals surface area contributed by atoms with Crippen LogP contribution in [-0.4, -0.2) is 19.6 Å². The molecule has 0 aromatic heterocycles. The van der Waals surface area contributed by atoms with E-state index in [2.05, 4.69) is 4.72 Å². The summed E-state index contributed by atoms with van der Waals surface area (Å²) in [5.74, 6) is 0. The topological polar surface area (TPSA) is 90.2 Å². The third-order valence-corrected chi connectivity index (χ3v) is 5.61. The maximum absolute atomic E-state index is 12.7. The minimum Gasteiger partial charge on any atom is -0.391 e. The Kier molecular flexibility index (Phi) is 3.94. The summed E-state index contributed by atoms with van der Waals surface area (Å²) in [6.07, 6.45) is -0.417. The molecule has 0 saturated heterocycles. The van der Waals surface area contributed by atoms with Gasteiger partial charge in [0.15, 0.2) is 0 Å². The van der Waals surface area contributed by atoms with Crippen molar-refractivity contribution in [1.29, 1.82) is 5.26 Å². The lowest BCUT2D eigenvalue weighted by atomic mass is 10.1. The number of aliphatic hydroxyl groups is 1. The van der Waals surface area contributed by atoms with E-state index in [4.69, 9.17) is 0 Å². The van der Waals surface area contributed by atoms with Gasteiger partial charge in [-0.1, -0.05) is 36.4 Å². The minimum absolute atomic E-state index is 0.0587. The molecule has 23 heavy (non-hydrogen) atoms. The van der Waals surface area contributed by atoms with E-state index in [1.807, 2.05) is 24.3 Å². The lowest BCUT2D eigenvalue weighted by molar-refractivity contribution is 0.151. The third-order valence-electron chi connectivity index (χ3n) is 4.12. The molecule has 0 spiro atoms. The van der Waals surface area contributed by atoms with Crippen LogP contribution in [0.3, 0.4) is 0 Å². The van der Waals surface area contributed by atoms with E-state index in [1.54, 1.807) is 25.1 Å². The Morgan fingerprint density at radius 3 is 2.70 bits per heavy atom. The molecule has 118 valence electrons. The van der Waals surface area contributed by atoms with E-state index in [-0.39, 0.29) is 10.5 Å². The van der Waals surface area contributed by atoms with Crippen molar-refractivity contribution in [2.75, 3.05) is 0 Å². The zero-order chi connectivity index (χ0) is 16.6. The first-order valence-corrected chi connectivity index (χ1v) is 8.70. The minimum atomic E-state index is -3.92. The van der Waals surface area contributed by atoms with Crippen LogP contribution < -0.4 is 4.72 Å². The van der Waals surface area contributed by atoms with Crippen molar-refractivity contribution < 1.29 is 13.5 Å². The molecule has 6 heteroatoms. The van der Waals surface area contributed by atoms with Crippen molar-refractivity contribution >= 4 is 10.0 Å². The lowest BCUT2D eigenvalue weighted by Crippen LogP contribution is -2.34. The molecule has 0 heterocycles. The van der Waals surface area contributed by atoms with E-state index in [0.29, 0.717) is 12.0 Å². The first-order valence-electron chi connectivity index (χ1n) is 7.22. The predicted molar refractivity (Wildman–Crippen MR) is 85.1 cm³/mol. The Bertz CT molecular complexity index is 900. The zero-order valence-electron chi connectivity index (χ0n) is 12.5. The maximum atomic E-state index is 12.7. The van der Waals surface area contributed by atoms with Crippen LogP contribution in [0, 0.1) is 18.3 Å². The van der Waals surface area contributed by atoms with Crippen molar-refractivity contribution in [3.8, 4) is 6.07 Å². The van der Waals surface area contributed by atoms with Crippen LogP contribution in [0.15, 0.2) is 47.4 Å². The van der Waals surface area contributed by atoms with E-state index in [9.17, 15) is 18.8 Å². The lowest BCUT2D eigenvalue weighted by Gasteiger charge is -2.18. The van der Waals surface area contributed by atoms with Crippen LogP contribution in [0.4, 0.5) is 0 Å². The summed E-state index contributed by atoms with van der Waals surface area (Å²) in [6.45, 7) is 1.69. The van der Waals surface area contributed by atoms with Gasteiger partial charge in [-0.25, -0.2) is 13.1 Å². The molecule has 0 radical (unpaired) electrons. The number of hydrogen-bond acceptors (Lipinski definition) is 4. The molecule has 0 aliphatic heterocycles. The normalized spacial score (nSPS) is 20.0. The van der Waals surface area contributed by atoms with E-state index in [0.717, 1.165) is 11.1 Å². The molecule has 0 unspecified atom stereocenters. The number of nitriles is 1. The van der Waals surface area contributed by atoms with E-state index < -0.39 is 22.2 Å². The van der Waals surface area contributed by atoms with Gasteiger partial charge in [0.2, 0.25) is 10.0 Å². The molecule has 1 aliphatic rings. The number of nitrogens with one attached hydrogen (secondary N) is 1. The molecule has 0 amide bonds. The summed E-state index contributed by atoms with van der Waals surface area (Å²) in [7, 11) is -3.92. The molecule has 1 aliphatic carbocycles. The van der Waals surface area contributed by atoms with Crippen LogP contribution in [-0.2, 0) is 16.4 Å². The van der Waals surface area contributed by atoms with Gasteiger partial charge in [0, 0.05) is 6.42 Å². The second-order valence-electron chi connectivity index (χ2n) is 5.63. The monoisotopic (exact) mass is 328 g/mol. The molecule has 5 nitrogen and oxygen atoms in total. The molecule has 2 atom stereocenters. The molecular weight excluding hydrogens is 312 g/mol. The Balaban J connectivity index is 2.01. The number of fused-ring (bicyclic) bond motifs is 1. The third kappa shape index (κ3) is 2.75. The predicted octanol–water partition coefficient (Wildman–Crippen LogP) is 1.80. The van der Waals surface area contributed by atoms with Crippen molar-refractivity contribution in [3.05, 3.63) is 64.7 Å². The molecular formula is C17H16N2O3S. The summed E-state index contributed by atoms with van der Waals surface area (Å²) < 4.78 is 28.0. The highest BCUT2D eigenvalue weighted by atomic mass is 32.2. The Hall–Kier alpha value is -2.20. The second-order valence-corrected chi connectivity index (χ2v) is 7.31. The van der Waals surface area contributed by atoms with Gasteiger partial charge in [-0.2, -0.15) is 5.26 Å². The van der Waals surface area contributed by atoms with Crippen molar-refractivity contribution in [2.24, 2.45) is 0 Å². The fraction of sp³-hybridized carbons (Fsp3) is 0.235. The van der Waals surface area contributed by atoms with Crippen LogP contribution >= 0.6 is 0 Å². The number of sulfonamides is 1. The summed E-state index contributed by atoms with van der Waals surface area (Å²) >= 11 is 0. The fourth-order valence-electron chi connectivity index (χ4n) is 2.95. The highest BCUT2D eigenvalue weighted by Crippen LogP contribution is 2.33. The maximum Gasteiger partial charge on any atom is 0.242 e. The Morgan fingerprint density at radius 1 is 1.22 bits per heavy atom. The second kappa shape index (κ2) is 5.78. The summed E-state index contributed by atoms with van der Waals surface area (Å²) in [6, 6.07) is 13.3. The quantitative estimate of drug-likeness (QED) is 0.899. The standard InChI is InChI=1S/C17H16N2O3S/c1-11-5-4-8-16(14(11)10-18)23(21,22)19-17-13-7-3-2-6-12(13)9-15(17)20/h2-8,15,17,19-20H,9H2,1H3/t15-,17-/m1/s1. The first-order chi connectivity index (χ1) is 10.9. The number of hydrogen-bond donors (Lipinski definition) is 2. The van der Waals surface area contributed by atoms with Crippen LogP contribution in [0.5, 0.6) is 0 Å². The van der Waals surface area contributed by atoms with Crippen LogP contribution in [0.1, 0.15) is 28.3 Å². The van der Waals surface area contributed by atoms with Gasteiger partial charge in [0.25, 0.3) is 0 Å². The highest BCUT2D eigenvalue weighted by Gasteiger charge is 2.35. The van der Waals surface area contributed by atoms with Crippen molar-refractivity contribution in [2.45, 2.75) is 30.4 Å². The molecule has 3 rings (SSSR count). The largest absolute Gasteiger partial charge is 0.391 e. The van der Waals surface area contributed by atoms with Crippen molar-refractivity contribution in [3.63, 3.8) is 0 Å². The fourth-order valence-corrected chi connectivity index (χ4v) is 4.43. The van der Waals surface area contributed by atoms with Gasteiger partial charge in [-0.05, 0) is 29.7 Å². The molecule has 0 saturated carbocycles. The number of aliphatic hydroxyl groups excluding tert-OH is 1. The molecule has 0 fully saturated rings. The molecule has 2 aromatic carbocycles. The van der Waals surface area contributed by atoms with E-state index in [1.165, 1.54) is 6.07 Å². The first kappa shape index (κ1) is 15.7. The van der Waals surface area contributed by atoms with Gasteiger partial charge >= 0.3 is 0 Å². The number of aryl methyl sites for hydroxylation is 1. The summed E-state index contributed by atoms with van der Waals surface area (Å²) in [4.78, 5) is -0.0587. The van der Waals surface area contributed by atoms with Crippen LogP contribution in [0.25, 0.3) is 0 Å². The van der Waals surface area contributed by atoms with Gasteiger partial charge < -0.3 is 5.11 Å².